The van der Waals surface area contributed by atoms with Gasteiger partial charge in [-0.1, -0.05) is 11.6 Å². The maximum Gasteiger partial charge on any atom is 0.255 e. The van der Waals surface area contributed by atoms with Gasteiger partial charge in [-0.2, -0.15) is 0 Å². The van der Waals surface area contributed by atoms with E-state index < -0.39 is 0 Å². The molecular weight excluding hydrogens is 226 g/mol. The molecule has 1 aromatic carbocycles. The minimum Gasteiger partial charge on any atom is -0.326 e. The number of hydrogen-bond acceptors (Lipinski definition) is 2. The van der Waals surface area contributed by atoms with Gasteiger partial charge in [-0.3, -0.25) is 9.59 Å². The number of ketones is 1. The highest BCUT2D eigenvalue weighted by molar-refractivity contribution is 6.30. The fraction of sp³-hybridized carbons (Fsp3) is 0.167. The quantitative estimate of drug-likeness (QED) is 0.822. The molecule has 0 fully saturated rings. The largest absolute Gasteiger partial charge is 0.326 e. The first-order valence-corrected chi connectivity index (χ1v) is 5.12. The van der Waals surface area contributed by atoms with E-state index in [1.165, 1.54) is 13.0 Å². The van der Waals surface area contributed by atoms with Crippen LogP contribution >= 0.6 is 11.6 Å². The van der Waals surface area contributed by atoms with E-state index in [2.05, 4.69) is 5.32 Å². The molecule has 84 valence electrons. The molecule has 16 heavy (non-hydrogen) atoms. The Kier molecular flexibility index (Phi) is 4.26. The van der Waals surface area contributed by atoms with Gasteiger partial charge in [0.15, 0.2) is 5.78 Å². The molecule has 0 aliphatic rings. The molecule has 0 aliphatic heterocycles. The van der Waals surface area contributed by atoms with E-state index in [9.17, 15) is 9.59 Å². The van der Waals surface area contributed by atoms with E-state index in [4.69, 9.17) is 11.6 Å². The lowest BCUT2D eigenvalue weighted by Crippen LogP contribution is -2.21. The molecule has 0 atom stereocenters. The second-order valence-electron chi connectivity index (χ2n) is 3.40. The molecule has 1 rings (SSSR count). The van der Waals surface area contributed by atoms with Crippen molar-refractivity contribution in [3.05, 3.63) is 46.6 Å². The maximum atomic E-state index is 11.6. The Hall–Kier alpha value is -1.61. The van der Waals surface area contributed by atoms with Crippen LogP contribution in [-0.2, 0) is 4.79 Å². The van der Waals surface area contributed by atoms with Gasteiger partial charge in [-0.05, 0) is 44.2 Å². The molecule has 3 nitrogen and oxygen atoms in total. The van der Waals surface area contributed by atoms with Crippen molar-refractivity contribution in [1.29, 1.82) is 0 Å². The van der Waals surface area contributed by atoms with Crippen LogP contribution in [0.1, 0.15) is 24.2 Å². The van der Waals surface area contributed by atoms with Gasteiger partial charge in [0.1, 0.15) is 0 Å². The van der Waals surface area contributed by atoms with E-state index in [0.29, 0.717) is 16.3 Å². The van der Waals surface area contributed by atoms with Crippen molar-refractivity contribution in [3.63, 3.8) is 0 Å². The lowest BCUT2D eigenvalue weighted by atomic mass is 10.2. The predicted molar refractivity (Wildman–Crippen MR) is 63.4 cm³/mol. The summed E-state index contributed by atoms with van der Waals surface area (Å²) in [7, 11) is 0. The van der Waals surface area contributed by atoms with Crippen molar-refractivity contribution in [1.82, 2.24) is 5.32 Å². The summed E-state index contributed by atoms with van der Waals surface area (Å²) in [6.07, 6.45) is 1.37. The highest BCUT2D eigenvalue weighted by Gasteiger charge is 2.05. The SMILES string of the molecule is CC(=O)/C=C(\C)NC(=O)c1ccc(Cl)cc1. The summed E-state index contributed by atoms with van der Waals surface area (Å²) in [4.78, 5) is 22.4. The summed E-state index contributed by atoms with van der Waals surface area (Å²) in [5.41, 5.74) is 1.02. The zero-order valence-corrected chi connectivity index (χ0v) is 9.84. The van der Waals surface area contributed by atoms with Gasteiger partial charge in [-0.25, -0.2) is 0 Å². The average Bonchev–Trinajstić information content (AvgIpc) is 2.16. The summed E-state index contributed by atoms with van der Waals surface area (Å²) >= 11 is 5.70. The highest BCUT2D eigenvalue weighted by atomic mass is 35.5. The Morgan fingerprint density at radius 1 is 1.19 bits per heavy atom. The summed E-state index contributed by atoms with van der Waals surface area (Å²) in [5, 5.41) is 3.18. The van der Waals surface area contributed by atoms with Crippen LogP contribution in [-0.4, -0.2) is 11.7 Å². The van der Waals surface area contributed by atoms with E-state index in [0.717, 1.165) is 0 Å². The van der Waals surface area contributed by atoms with Gasteiger partial charge >= 0.3 is 0 Å². The third-order valence-corrected chi connectivity index (χ3v) is 2.09. The molecule has 0 saturated heterocycles. The monoisotopic (exact) mass is 237 g/mol. The average molecular weight is 238 g/mol. The number of rotatable bonds is 3. The molecule has 0 heterocycles. The number of carbonyl (C=O) groups excluding carboxylic acids is 2. The lowest BCUT2D eigenvalue weighted by molar-refractivity contribution is -0.112. The Balaban J connectivity index is 2.73. The summed E-state index contributed by atoms with van der Waals surface area (Å²) < 4.78 is 0. The topological polar surface area (TPSA) is 46.2 Å². The number of amides is 1. The predicted octanol–water partition coefficient (Wildman–Crippen LogP) is 2.56. The molecule has 0 bridgehead atoms. The summed E-state index contributed by atoms with van der Waals surface area (Å²) in [5.74, 6) is -0.361. The molecule has 1 N–H and O–H groups in total. The zero-order valence-electron chi connectivity index (χ0n) is 9.08. The van der Waals surface area contributed by atoms with Crippen molar-refractivity contribution >= 4 is 23.3 Å². The van der Waals surface area contributed by atoms with Crippen LogP contribution in [0.4, 0.5) is 0 Å². The first-order valence-electron chi connectivity index (χ1n) is 4.75. The molecule has 0 spiro atoms. The van der Waals surface area contributed by atoms with Crippen molar-refractivity contribution in [2.45, 2.75) is 13.8 Å². The molecule has 1 amide bonds. The third-order valence-electron chi connectivity index (χ3n) is 1.84. The van der Waals surface area contributed by atoms with Crippen LogP contribution in [0, 0.1) is 0 Å². The standard InChI is InChI=1S/C12H12ClNO2/c1-8(7-9(2)15)14-12(16)10-3-5-11(13)6-4-10/h3-7H,1-2H3,(H,14,16)/b8-7+. The Labute approximate surface area is 99.1 Å². The number of halogens is 1. The van der Waals surface area contributed by atoms with Gasteiger partial charge in [0.2, 0.25) is 0 Å². The Morgan fingerprint density at radius 2 is 1.75 bits per heavy atom. The molecule has 0 aliphatic carbocycles. The van der Waals surface area contributed by atoms with Crippen molar-refractivity contribution < 1.29 is 9.59 Å². The van der Waals surface area contributed by atoms with Crippen LogP contribution in [0.15, 0.2) is 36.0 Å². The fourth-order valence-electron chi connectivity index (χ4n) is 1.19. The Bertz CT molecular complexity index is 435. The second-order valence-corrected chi connectivity index (χ2v) is 3.84. The first-order chi connectivity index (χ1) is 7.49. The number of allylic oxidation sites excluding steroid dienone is 2. The third kappa shape index (κ3) is 3.87. The van der Waals surface area contributed by atoms with Crippen LogP contribution in [0.2, 0.25) is 5.02 Å². The minimum absolute atomic E-state index is 0.103. The molecule has 0 saturated carbocycles. The molecule has 4 heteroatoms. The van der Waals surface area contributed by atoms with E-state index in [1.54, 1.807) is 31.2 Å². The molecule has 0 aromatic heterocycles. The zero-order chi connectivity index (χ0) is 12.1. The van der Waals surface area contributed by atoms with Crippen molar-refractivity contribution in [3.8, 4) is 0 Å². The van der Waals surface area contributed by atoms with E-state index in [1.807, 2.05) is 0 Å². The number of benzene rings is 1. The normalized spacial score (nSPS) is 11.1. The van der Waals surface area contributed by atoms with Crippen LogP contribution in [0.5, 0.6) is 0 Å². The number of carbonyl (C=O) groups is 2. The molecule has 0 radical (unpaired) electrons. The van der Waals surface area contributed by atoms with E-state index in [-0.39, 0.29) is 11.7 Å². The minimum atomic E-state index is -0.258. The van der Waals surface area contributed by atoms with Gasteiger partial charge in [0.25, 0.3) is 5.91 Å². The van der Waals surface area contributed by atoms with Crippen LogP contribution in [0.3, 0.4) is 0 Å². The molecular formula is C12H12ClNO2. The second kappa shape index (κ2) is 5.47. The van der Waals surface area contributed by atoms with Crippen LogP contribution < -0.4 is 5.32 Å². The van der Waals surface area contributed by atoms with Gasteiger partial charge in [-0.15, -0.1) is 0 Å². The van der Waals surface area contributed by atoms with Gasteiger partial charge in [0, 0.05) is 16.3 Å². The molecule has 0 unspecified atom stereocenters. The first kappa shape index (κ1) is 12.5. The van der Waals surface area contributed by atoms with E-state index >= 15 is 0 Å². The fourth-order valence-corrected chi connectivity index (χ4v) is 1.32. The van der Waals surface area contributed by atoms with Gasteiger partial charge in [0.05, 0.1) is 0 Å². The summed E-state index contributed by atoms with van der Waals surface area (Å²) in [6.45, 7) is 3.09. The number of nitrogens with one attached hydrogen (secondary N) is 1. The van der Waals surface area contributed by atoms with Crippen LogP contribution in [0.25, 0.3) is 0 Å². The molecule has 1 aromatic rings. The van der Waals surface area contributed by atoms with Crippen molar-refractivity contribution in [2.24, 2.45) is 0 Å². The summed E-state index contributed by atoms with van der Waals surface area (Å²) in [6, 6.07) is 6.53. The van der Waals surface area contributed by atoms with Gasteiger partial charge < -0.3 is 5.32 Å². The smallest absolute Gasteiger partial charge is 0.255 e. The van der Waals surface area contributed by atoms with Crippen molar-refractivity contribution in [2.75, 3.05) is 0 Å². The number of hydrogen-bond donors (Lipinski definition) is 1. The maximum absolute atomic E-state index is 11.6. The highest BCUT2D eigenvalue weighted by Crippen LogP contribution is 2.09. The Morgan fingerprint density at radius 3 is 2.25 bits per heavy atom. The lowest BCUT2D eigenvalue weighted by Gasteiger charge is -2.04.